The molecule has 0 radical (unpaired) electrons. The molecule has 1 atom stereocenters. The van der Waals surface area contributed by atoms with Crippen molar-refractivity contribution in [1.29, 1.82) is 0 Å². The molecule has 6 rings (SSSR count). The molecule has 40 heavy (non-hydrogen) atoms. The number of hydrogen-bond donors (Lipinski definition) is 1. The first-order valence-electron chi connectivity index (χ1n) is 12.9. The van der Waals surface area contributed by atoms with Gasteiger partial charge in [-0.15, -0.1) is 0 Å². The Morgan fingerprint density at radius 1 is 1.00 bits per heavy atom. The summed E-state index contributed by atoms with van der Waals surface area (Å²) in [6, 6.07) is 17.3. The van der Waals surface area contributed by atoms with E-state index >= 15 is 0 Å². The van der Waals surface area contributed by atoms with E-state index in [1.807, 2.05) is 36.4 Å². The molecule has 1 amide bonds. The van der Waals surface area contributed by atoms with Crippen LogP contribution in [0, 0.1) is 0 Å². The van der Waals surface area contributed by atoms with E-state index < -0.39 is 17.7 Å². The number of carbonyl (C=O) groups excluding carboxylic acids is 2. The van der Waals surface area contributed by atoms with Crippen LogP contribution in [0.1, 0.15) is 43.5 Å². The third kappa shape index (κ3) is 4.36. The highest BCUT2D eigenvalue weighted by molar-refractivity contribution is 7.22. The lowest BCUT2D eigenvalue weighted by atomic mass is 9.85. The van der Waals surface area contributed by atoms with Crippen LogP contribution in [0.5, 0.6) is 17.2 Å². The fourth-order valence-corrected chi connectivity index (χ4v) is 6.00. The second-order valence-electron chi connectivity index (χ2n) is 10.7. The van der Waals surface area contributed by atoms with Crippen LogP contribution >= 0.6 is 11.3 Å². The molecule has 0 unspecified atom stereocenters. The van der Waals surface area contributed by atoms with Crippen molar-refractivity contribution in [2.45, 2.75) is 32.2 Å². The van der Waals surface area contributed by atoms with Crippen molar-refractivity contribution < 1.29 is 28.9 Å². The summed E-state index contributed by atoms with van der Waals surface area (Å²) >= 11 is 1.28. The number of methoxy groups -OCH3 is 1. The van der Waals surface area contributed by atoms with Gasteiger partial charge < -0.3 is 19.3 Å². The van der Waals surface area contributed by atoms with Crippen molar-refractivity contribution in [3.8, 4) is 17.2 Å². The topological polar surface area (TPSA) is 98.2 Å². The number of fused-ring (bicyclic) bond motifs is 2. The third-order valence-electron chi connectivity index (χ3n) is 7.14. The van der Waals surface area contributed by atoms with Gasteiger partial charge in [0.15, 0.2) is 16.6 Å². The maximum atomic E-state index is 13.6. The summed E-state index contributed by atoms with van der Waals surface area (Å²) in [6.07, 6.45) is 0. The van der Waals surface area contributed by atoms with E-state index in [1.54, 1.807) is 31.4 Å². The van der Waals surface area contributed by atoms with Gasteiger partial charge in [-0.25, -0.2) is 4.98 Å². The molecular weight excluding hydrogens is 528 g/mol. The van der Waals surface area contributed by atoms with E-state index in [9.17, 15) is 14.7 Å². The molecule has 0 bridgehead atoms. The number of aliphatic hydroxyl groups is 1. The molecule has 2 aliphatic heterocycles. The Labute approximate surface area is 235 Å². The van der Waals surface area contributed by atoms with Crippen LogP contribution < -0.4 is 19.1 Å². The van der Waals surface area contributed by atoms with Crippen LogP contribution in [0.25, 0.3) is 16.0 Å². The van der Waals surface area contributed by atoms with Gasteiger partial charge in [-0.1, -0.05) is 56.4 Å². The summed E-state index contributed by atoms with van der Waals surface area (Å²) in [6.45, 7) is 7.16. The van der Waals surface area contributed by atoms with E-state index in [2.05, 4.69) is 25.8 Å². The van der Waals surface area contributed by atoms with Crippen molar-refractivity contribution in [1.82, 2.24) is 4.98 Å². The monoisotopic (exact) mass is 556 g/mol. The molecule has 1 aromatic heterocycles. The average molecular weight is 557 g/mol. The lowest BCUT2D eigenvalue weighted by Gasteiger charge is -2.25. The molecule has 0 spiro atoms. The molecule has 9 heteroatoms. The number of aromatic nitrogens is 1. The first-order chi connectivity index (χ1) is 19.2. The van der Waals surface area contributed by atoms with Gasteiger partial charge in [-0.05, 0) is 52.9 Å². The SMILES string of the molecule is COc1ccc2nc(N3C(=O)C(=O)/C(=C(/O)c4ccc5c(c4)OCCO5)[C@@H]3c3ccc(C(C)(C)C)cc3)sc2c1. The van der Waals surface area contributed by atoms with Crippen LogP contribution in [0.4, 0.5) is 5.13 Å². The van der Waals surface area contributed by atoms with Crippen molar-refractivity contribution in [2.24, 2.45) is 0 Å². The third-order valence-corrected chi connectivity index (χ3v) is 8.16. The Balaban J connectivity index is 1.52. The summed E-state index contributed by atoms with van der Waals surface area (Å²) < 4.78 is 17.4. The maximum absolute atomic E-state index is 13.6. The number of ketones is 1. The summed E-state index contributed by atoms with van der Waals surface area (Å²) in [4.78, 5) is 33.3. The molecule has 0 aliphatic carbocycles. The van der Waals surface area contributed by atoms with Crippen LogP contribution in [0.15, 0.2) is 66.2 Å². The molecular formula is C31H28N2O6S. The number of ether oxygens (including phenoxy) is 3. The van der Waals surface area contributed by atoms with Gasteiger partial charge in [-0.2, -0.15) is 0 Å². The predicted molar refractivity (Wildman–Crippen MR) is 154 cm³/mol. The zero-order valence-electron chi connectivity index (χ0n) is 22.6. The van der Waals surface area contributed by atoms with Crippen LogP contribution in [-0.2, 0) is 15.0 Å². The zero-order valence-corrected chi connectivity index (χ0v) is 23.4. The highest BCUT2D eigenvalue weighted by Crippen LogP contribution is 2.45. The van der Waals surface area contributed by atoms with Gasteiger partial charge in [0.1, 0.15) is 24.7 Å². The van der Waals surface area contributed by atoms with Gasteiger partial charge >= 0.3 is 5.91 Å². The predicted octanol–water partition coefficient (Wildman–Crippen LogP) is 6.00. The summed E-state index contributed by atoms with van der Waals surface area (Å²) in [5, 5.41) is 11.9. The molecule has 204 valence electrons. The number of rotatable bonds is 4. The second kappa shape index (κ2) is 9.67. The minimum absolute atomic E-state index is 0.0120. The number of aliphatic hydroxyl groups excluding tert-OH is 1. The Hall–Kier alpha value is -4.37. The van der Waals surface area contributed by atoms with Crippen LogP contribution in [0.2, 0.25) is 0 Å². The minimum atomic E-state index is -0.885. The number of benzene rings is 3. The van der Waals surface area contributed by atoms with Gasteiger partial charge in [0.05, 0.1) is 28.9 Å². The molecule has 3 heterocycles. The number of amides is 1. The highest BCUT2D eigenvalue weighted by atomic mass is 32.1. The fraction of sp³-hybridized carbons (Fsp3) is 0.258. The van der Waals surface area contributed by atoms with Crippen molar-refractivity contribution in [3.63, 3.8) is 0 Å². The zero-order chi connectivity index (χ0) is 28.2. The van der Waals surface area contributed by atoms with Crippen molar-refractivity contribution in [3.05, 3.63) is 82.9 Å². The van der Waals surface area contributed by atoms with Gasteiger partial charge in [0.25, 0.3) is 5.78 Å². The lowest BCUT2D eigenvalue weighted by molar-refractivity contribution is -0.132. The molecule has 0 saturated carbocycles. The molecule has 1 saturated heterocycles. The second-order valence-corrected chi connectivity index (χ2v) is 11.7. The number of nitrogens with zero attached hydrogens (tertiary/aromatic N) is 2. The maximum Gasteiger partial charge on any atom is 0.301 e. The van der Waals surface area contributed by atoms with Gasteiger partial charge in [0.2, 0.25) is 0 Å². The average Bonchev–Trinajstić information content (AvgIpc) is 3.49. The molecule has 1 fully saturated rings. The van der Waals surface area contributed by atoms with E-state index in [1.165, 1.54) is 16.2 Å². The molecule has 2 aliphatic rings. The van der Waals surface area contributed by atoms with E-state index in [0.717, 1.165) is 10.3 Å². The molecule has 3 aromatic carbocycles. The standard InChI is InChI=1S/C31H28N2O6S/c1-31(2,3)19-8-5-17(6-9-19)26-25(27(34)18-7-12-22-23(15-18)39-14-13-38-22)28(35)29(36)33(26)30-32-21-11-10-20(37-4)16-24(21)40-30/h5-12,15-16,26,34H,13-14H2,1-4H3/b27-25+/t26-/m0/s1. The number of carbonyl (C=O) groups is 2. The quantitative estimate of drug-likeness (QED) is 0.187. The Bertz CT molecular complexity index is 1680. The largest absolute Gasteiger partial charge is 0.507 e. The summed E-state index contributed by atoms with van der Waals surface area (Å²) in [5.74, 6) is -0.134. The highest BCUT2D eigenvalue weighted by Gasteiger charge is 2.48. The Morgan fingerprint density at radius 3 is 2.42 bits per heavy atom. The fourth-order valence-electron chi connectivity index (χ4n) is 4.98. The van der Waals surface area contributed by atoms with E-state index in [-0.39, 0.29) is 16.7 Å². The Kier molecular flexibility index (Phi) is 6.26. The summed E-state index contributed by atoms with van der Waals surface area (Å²) in [5.41, 5.74) is 2.72. The number of hydrogen-bond acceptors (Lipinski definition) is 8. The van der Waals surface area contributed by atoms with Crippen LogP contribution in [-0.4, -0.2) is 42.1 Å². The van der Waals surface area contributed by atoms with Gasteiger partial charge in [-0.3, -0.25) is 14.5 Å². The Morgan fingerprint density at radius 2 is 1.73 bits per heavy atom. The number of thiazole rings is 1. The minimum Gasteiger partial charge on any atom is -0.507 e. The molecule has 4 aromatic rings. The first kappa shape index (κ1) is 25.9. The van der Waals surface area contributed by atoms with Gasteiger partial charge in [0, 0.05) is 5.56 Å². The summed E-state index contributed by atoms with van der Waals surface area (Å²) in [7, 11) is 1.58. The van der Waals surface area contributed by atoms with E-state index in [4.69, 9.17) is 14.2 Å². The number of anilines is 1. The van der Waals surface area contributed by atoms with Crippen molar-refractivity contribution in [2.75, 3.05) is 25.2 Å². The van der Waals surface area contributed by atoms with Crippen molar-refractivity contribution >= 4 is 44.1 Å². The normalized spacial score (nSPS) is 18.4. The lowest BCUT2D eigenvalue weighted by Crippen LogP contribution is -2.29. The smallest absolute Gasteiger partial charge is 0.301 e. The van der Waals surface area contributed by atoms with Crippen LogP contribution in [0.3, 0.4) is 0 Å². The molecule has 1 N–H and O–H groups in total. The molecule has 8 nitrogen and oxygen atoms in total. The van der Waals surface area contributed by atoms with E-state index in [0.29, 0.717) is 52.2 Å². The number of Topliss-reactive ketones (excluding diaryl/α,β-unsaturated/α-hetero) is 1. The first-order valence-corrected chi connectivity index (χ1v) is 13.7.